The van der Waals surface area contributed by atoms with E-state index in [1.165, 1.54) is 0 Å². The number of aromatic nitrogens is 2. The second-order valence-electron chi connectivity index (χ2n) is 8.18. The molecular weight excluding hydrogens is 495 g/mol. The average Bonchev–Trinajstić information content (AvgIpc) is 3.27. The van der Waals surface area contributed by atoms with Gasteiger partial charge in [-0.25, -0.2) is 9.78 Å². The maximum Gasteiger partial charge on any atom is 0.490 e. The number of carboxylic acids is 1. The average molecular weight is 519 g/mol. The van der Waals surface area contributed by atoms with Crippen molar-refractivity contribution >= 4 is 11.8 Å². The van der Waals surface area contributed by atoms with Crippen molar-refractivity contribution in [2.75, 3.05) is 18.8 Å². The number of benzene rings is 1. The highest BCUT2D eigenvalue weighted by Gasteiger charge is 2.38. The number of aliphatic carboxylic acids is 1. The van der Waals surface area contributed by atoms with Gasteiger partial charge in [-0.15, -0.1) is 0 Å². The molecule has 0 spiro atoms. The number of phenols is 1. The summed E-state index contributed by atoms with van der Waals surface area (Å²) in [7, 11) is 0. The van der Waals surface area contributed by atoms with E-state index in [0.29, 0.717) is 34.0 Å². The van der Waals surface area contributed by atoms with Gasteiger partial charge in [0.2, 0.25) is 0 Å². The van der Waals surface area contributed by atoms with Gasteiger partial charge in [0.05, 0.1) is 16.8 Å². The number of nitrogens with one attached hydrogen (secondary N) is 1. The van der Waals surface area contributed by atoms with Crippen molar-refractivity contribution in [2.24, 2.45) is 0 Å². The Kier molecular flexibility index (Phi) is 8.56. The molecule has 0 saturated carbocycles. The zero-order valence-electron chi connectivity index (χ0n) is 19.7. The van der Waals surface area contributed by atoms with Crippen LogP contribution in [0.15, 0.2) is 34.9 Å². The molecule has 1 fully saturated rings. The first-order chi connectivity index (χ1) is 17.5. The fourth-order valence-electron chi connectivity index (χ4n) is 3.81. The van der Waals surface area contributed by atoms with E-state index >= 15 is 0 Å². The van der Waals surface area contributed by atoms with Gasteiger partial charge in [-0.3, -0.25) is 0 Å². The van der Waals surface area contributed by atoms with Gasteiger partial charge < -0.3 is 30.5 Å². The van der Waals surface area contributed by atoms with E-state index in [9.17, 15) is 23.5 Å². The molecule has 3 aromatic rings. The molecule has 0 bridgehead atoms. The van der Waals surface area contributed by atoms with E-state index < -0.39 is 12.1 Å². The van der Waals surface area contributed by atoms with Gasteiger partial charge in [0, 0.05) is 12.6 Å². The van der Waals surface area contributed by atoms with E-state index in [1.54, 1.807) is 31.2 Å². The number of nitrogens with two attached hydrogens (primary N) is 1. The number of phenolic OH excluding ortho intramolecular Hbond substituents is 1. The molecule has 0 amide bonds. The Morgan fingerprint density at radius 3 is 2.68 bits per heavy atom. The number of hydrogen-bond acceptors (Lipinski definition) is 9. The Morgan fingerprint density at radius 1 is 1.38 bits per heavy atom. The first-order valence-electron chi connectivity index (χ1n) is 11.1. The molecule has 5 N–H and O–H groups in total. The zero-order chi connectivity index (χ0) is 27.2. The van der Waals surface area contributed by atoms with Crippen LogP contribution in [0.3, 0.4) is 0 Å². The predicted molar refractivity (Wildman–Crippen MR) is 125 cm³/mol. The molecule has 1 aromatic carbocycles. The molecule has 1 aliphatic rings. The lowest BCUT2D eigenvalue weighted by Crippen LogP contribution is -2.29. The summed E-state index contributed by atoms with van der Waals surface area (Å²) < 4.78 is 42.7. The Morgan fingerprint density at radius 2 is 2.11 bits per heavy atom. The molecule has 1 saturated heterocycles. The summed E-state index contributed by atoms with van der Waals surface area (Å²) >= 11 is 0. The van der Waals surface area contributed by atoms with Gasteiger partial charge in [0.15, 0.2) is 0 Å². The lowest BCUT2D eigenvalue weighted by atomic mass is 9.88. The number of ether oxygens (including phenoxy) is 1. The second-order valence-corrected chi connectivity index (χ2v) is 8.18. The molecule has 1 atom stereocenters. The molecule has 3 heterocycles. The monoisotopic (exact) mass is 519 g/mol. The molecular formula is C24H24F3N5O5. The first-order valence-corrected chi connectivity index (χ1v) is 11.1. The largest absolute Gasteiger partial charge is 0.507 e. The van der Waals surface area contributed by atoms with Crippen LogP contribution in [-0.4, -0.2) is 45.6 Å². The smallest absolute Gasteiger partial charge is 0.490 e. The van der Waals surface area contributed by atoms with E-state index in [1.807, 2.05) is 6.07 Å². The van der Waals surface area contributed by atoms with Crippen LogP contribution in [0, 0.1) is 18.3 Å². The number of aryl methyl sites for hydroxylation is 1. The van der Waals surface area contributed by atoms with Gasteiger partial charge in [0.1, 0.15) is 41.4 Å². The second kappa shape index (κ2) is 11.6. The van der Waals surface area contributed by atoms with Gasteiger partial charge >= 0.3 is 12.1 Å². The highest BCUT2D eigenvalue weighted by atomic mass is 19.4. The summed E-state index contributed by atoms with van der Waals surface area (Å²) in [4.78, 5) is 13.3. The van der Waals surface area contributed by atoms with E-state index in [0.717, 1.165) is 31.5 Å². The lowest BCUT2D eigenvalue weighted by Gasteiger charge is -2.25. The highest BCUT2D eigenvalue weighted by Crippen LogP contribution is 2.40. The number of nitriles is 1. The van der Waals surface area contributed by atoms with Crippen molar-refractivity contribution < 1.29 is 37.4 Å². The zero-order valence-corrected chi connectivity index (χ0v) is 19.7. The van der Waals surface area contributed by atoms with Crippen molar-refractivity contribution in [3.05, 3.63) is 52.9 Å². The molecule has 1 unspecified atom stereocenters. The maximum atomic E-state index is 10.6. The third-order valence-electron chi connectivity index (χ3n) is 5.48. The summed E-state index contributed by atoms with van der Waals surface area (Å²) in [5.41, 5.74) is 8.92. The third kappa shape index (κ3) is 6.89. The Bertz CT molecular complexity index is 1300. The molecule has 37 heavy (non-hydrogen) atoms. The number of halogens is 3. The van der Waals surface area contributed by atoms with Gasteiger partial charge in [-0.1, -0.05) is 11.2 Å². The fraction of sp³-hybridized carbons (Fsp3) is 0.333. The summed E-state index contributed by atoms with van der Waals surface area (Å²) in [6, 6.07) is 10.8. The molecule has 4 rings (SSSR count). The number of anilines is 1. The van der Waals surface area contributed by atoms with Crippen LogP contribution in [0.5, 0.6) is 11.5 Å². The topological polar surface area (TPSA) is 168 Å². The number of hydrogen-bond donors (Lipinski definition) is 4. The van der Waals surface area contributed by atoms with Crippen molar-refractivity contribution in [1.29, 1.82) is 5.26 Å². The van der Waals surface area contributed by atoms with Crippen LogP contribution in [0.2, 0.25) is 0 Å². The predicted octanol–water partition coefficient (Wildman–Crippen LogP) is 3.88. The summed E-state index contributed by atoms with van der Waals surface area (Å²) in [5.74, 6) is -1.29. The standard InChI is InChI=1S/C22H23N5O3.C2HF3O2/c1-13-8-15(27-30-13)12-29-20-6-2-5-19(28)21(20)18-9-16(14-4-3-7-25-11-14)17(10-23)22(24)26-18;3-2(4,5)1(6)7/h2,5-6,8-9,14,25,28H,3-4,7,11-12H2,1H3,(H2,24,26);(H,6,7). The molecule has 0 aliphatic carbocycles. The number of pyridine rings is 1. The van der Waals surface area contributed by atoms with Crippen molar-refractivity contribution in [3.8, 4) is 28.8 Å². The maximum absolute atomic E-state index is 10.6. The van der Waals surface area contributed by atoms with Crippen molar-refractivity contribution in [1.82, 2.24) is 15.5 Å². The summed E-state index contributed by atoms with van der Waals surface area (Å²) in [6.07, 6.45) is -3.10. The molecule has 196 valence electrons. The minimum Gasteiger partial charge on any atom is -0.507 e. The number of carbonyl (C=O) groups is 1. The molecule has 10 nitrogen and oxygen atoms in total. The highest BCUT2D eigenvalue weighted by molar-refractivity contribution is 5.76. The number of rotatable bonds is 5. The fourth-order valence-corrected chi connectivity index (χ4v) is 3.81. The van der Waals surface area contributed by atoms with E-state index in [2.05, 4.69) is 21.5 Å². The van der Waals surface area contributed by atoms with Crippen LogP contribution in [0.4, 0.5) is 19.0 Å². The van der Waals surface area contributed by atoms with Crippen molar-refractivity contribution in [2.45, 2.75) is 38.5 Å². The van der Waals surface area contributed by atoms with Crippen LogP contribution in [0.1, 0.15) is 41.3 Å². The number of piperidine rings is 1. The minimum absolute atomic E-state index is 0.0214. The molecule has 0 radical (unpaired) electrons. The minimum atomic E-state index is -5.08. The van der Waals surface area contributed by atoms with Crippen LogP contribution < -0.4 is 15.8 Å². The number of aromatic hydroxyl groups is 1. The summed E-state index contributed by atoms with van der Waals surface area (Å²) in [5, 5.41) is 34.6. The summed E-state index contributed by atoms with van der Waals surface area (Å²) in [6.45, 7) is 3.72. The molecule has 1 aliphatic heterocycles. The quantitative estimate of drug-likeness (QED) is 0.388. The van der Waals surface area contributed by atoms with Gasteiger partial charge in [-0.2, -0.15) is 18.4 Å². The van der Waals surface area contributed by atoms with Crippen LogP contribution >= 0.6 is 0 Å². The number of nitrogen functional groups attached to an aromatic ring is 1. The van der Waals surface area contributed by atoms with Crippen LogP contribution in [-0.2, 0) is 11.4 Å². The normalized spacial score (nSPS) is 15.3. The van der Waals surface area contributed by atoms with E-state index in [-0.39, 0.29) is 24.1 Å². The van der Waals surface area contributed by atoms with Gasteiger partial charge in [-0.05, 0) is 56.0 Å². The third-order valence-corrected chi connectivity index (χ3v) is 5.48. The molecule has 2 aromatic heterocycles. The Hall–Kier alpha value is -4.31. The lowest BCUT2D eigenvalue weighted by molar-refractivity contribution is -0.192. The Balaban J connectivity index is 0.000000479. The number of carboxylic acid groups (broad SMARTS) is 1. The molecule has 13 heteroatoms. The van der Waals surface area contributed by atoms with E-state index in [4.69, 9.17) is 24.9 Å². The Labute approximate surface area is 209 Å². The van der Waals surface area contributed by atoms with Crippen LogP contribution in [0.25, 0.3) is 11.3 Å². The number of alkyl halides is 3. The first kappa shape index (κ1) is 27.3. The van der Waals surface area contributed by atoms with Crippen molar-refractivity contribution in [3.63, 3.8) is 0 Å². The SMILES string of the molecule is Cc1cc(COc2cccc(O)c2-c2cc(C3CCCNC3)c(C#N)c(N)n2)no1.O=C(O)C(F)(F)F. The number of nitrogens with zero attached hydrogens (tertiary/aromatic N) is 3. The van der Waals surface area contributed by atoms with Gasteiger partial charge in [0.25, 0.3) is 0 Å².